The third kappa shape index (κ3) is 5.29. The van der Waals surface area contributed by atoms with Gasteiger partial charge >= 0.3 is 0 Å². The first kappa shape index (κ1) is 18.9. The summed E-state index contributed by atoms with van der Waals surface area (Å²) in [6.45, 7) is 3.77. The van der Waals surface area contributed by atoms with E-state index in [1.54, 1.807) is 12.1 Å². The van der Waals surface area contributed by atoms with E-state index in [1.165, 1.54) is 36.8 Å². The van der Waals surface area contributed by atoms with E-state index in [2.05, 4.69) is 10.2 Å². The Balaban J connectivity index is 1.57. The van der Waals surface area contributed by atoms with Crippen LogP contribution < -0.4 is 10.2 Å². The summed E-state index contributed by atoms with van der Waals surface area (Å²) < 4.78 is 13.0. The number of rotatable bonds is 6. The number of nitrogens with zero attached hydrogens (tertiary/aromatic N) is 2. The molecule has 0 atom stereocenters. The Labute approximate surface area is 158 Å². The molecule has 6 heteroatoms. The van der Waals surface area contributed by atoms with Gasteiger partial charge in [0.15, 0.2) is 0 Å². The molecule has 2 aromatic rings. The molecule has 1 heterocycles. The topological polar surface area (TPSA) is 52.7 Å². The van der Waals surface area contributed by atoms with Crippen LogP contribution in [0.15, 0.2) is 48.5 Å². The van der Waals surface area contributed by atoms with Gasteiger partial charge in [-0.3, -0.25) is 9.59 Å². The summed E-state index contributed by atoms with van der Waals surface area (Å²) in [5.74, 6) is -0.802. The van der Waals surface area contributed by atoms with Crippen molar-refractivity contribution in [3.05, 3.63) is 59.9 Å². The van der Waals surface area contributed by atoms with Gasteiger partial charge in [-0.15, -0.1) is 0 Å². The number of carbonyl (C=O) groups is 2. The average molecular weight is 369 g/mol. The molecule has 0 unspecified atom stereocenters. The molecule has 0 radical (unpaired) electrons. The smallest absolute Gasteiger partial charge is 0.244 e. The van der Waals surface area contributed by atoms with Crippen molar-refractivity contribution in [2.45, 2.75) is 26.3 Å². The highest BCUT2D eigenvalue weighted by Crippen LogP contribution is 2.22. The number of benzene rings is 2. The van der Waals surface area contributed by atoms with E-state index < -0.39 is 0 Å². The summed E-state index contributed by atoms with van der Waals surface area (Å²) in [4.78, 5) is 28.0. The molecule has 1 aliphatic rings. The van der Waals surface area contributed by atoms with Crippen molar-refractivity contribution < 1.29 is 14.0 Å². The summed E-state index contributed by atoms with van der Waals surface area (Å²) in [6.07, 6.45) is 2.43. The lowest BCUT2D eigenvalue weighted by molar-refractivity contribution is -0.133. The Bertz CT molecular complexity index is 784. The van der Waals surface area contributed by atoms with Crippen LogP contribution in [0.1, 0.15) is 25.3 Å². The van der Waals surface area contributed by atoms with Gasteiger partial charge in [0.25, 0.3) is 0 Å². The van der Waals surface area contributed by atoms with Crippen LogP contribution >= 0.6 is 0 Å². The van der Waals surface area contributed by atoms with Crippen LogP contribution in [0, 0.1) is 5.82 Å². The summed E-state index contributed by atoms with van der Waals surface area (Å²) in [6, 6.07) is 13.7. The zero-order valence-electron chi connectivity index (χ0n) is 15.5. The number of nitrogens with one attached hydrogen (secondary N) is 1. The summed E-state index contributed by atoms with van der Waals surface area (Å²) in [7, 11) is 0. The van der Waals surface area contributed by atoms with Gasteiger partial charge < -0.3 is 15.1 Å². The summed E-state index contributed by atoms with van der Waals surface area (Å²) in [5.41, 5.74) is 2.63. The van der Waals surface area contributed by atoms with E-state index in [9.17, 15) is 14.0 Å². The number of amides is 2. The van der Waals surface area contributed by atoms with E-state index in [4.69, 9.17) is 0 Å². The van der Waals surface area contributed by atoms with Gasteiger partial charge in [-0.25, -0.2) is 4.39 Å². The minimum absolute atomic E-state index is 0.0550. The highest BCUT2D eigenvalue weighted by Gasteiger charge is 2.15. The lowest BCUT2D eigenvalue weighted by Gasteiger charge is -2.21. The SMILES string of the molecule is CC(=O)N(CC(=O)Nc1ccc(N2CCCC2)cc1)Cc1ccc(F)cc1. The largest absolute Gasteiger partial charge is 0.372 e. The maximum absolute atomic E-state index is 13.0. The summed E-state index contributed by atoms with van der Waals surface area (Å²) in [5, 5.41) is 2.83. The number of halogens is 1. The second-order valence-corrected chi connectivity index (χ2v) is 6.79. The van der Waals surface area contributed by atoms with Crippen molar-refractivity contribution in [3.63, 3.8) is 0 Å². The first-order valence-corrected chi connectivity index (χ1v) is 9.16. The minimum Gasteiger partial charge on any atom is -0.372 e. The van der Waals surface area contributed by atoms with Crippen molar-refractivity contribution >= 4 is 23.2 Å². The van der Waals surface area contributed by atoms with Crippen molar-refractivity contribution in [1.82, 2.24) is 4.90 Å². The van der Waals surface area contributed by atoms with E-state index in [-0.39, 0.29) is 30.7 Å². The molecule has 27 heavy (non-hydrogen) atoms. The molecule has 1 fully saturated rings. The highest BCUT2D eigenvalue weighted by molar-refractivity contribution is 5.94. The van der Waals surface area contributed by atoms with Gasteiger partial charge in [-0.05, 0) is 54.8 Å². The Morgan fingerprint density at radius 1 is 1.04 bits per heavy atom. The summed E-state index contributed by atoms with van der Waals surface area (Å²) >= 11 is 0. The Hall–Kier alpha value is -2.89. The van der Waals surface area contributed by atoms with Crippen LogP contribution in [0.2, 0.25) is 0 Å². The molecule has 2 aromatic carbocycles. The molecule has 1 N–H and O–H groups in total. The Morgan fingerprint density at radius 3 is 2.26 bits per heavy atom. The van der Waals surface area contributed by atoms with Crippen LogP contribution in [0.4, 0.5) is 15.8 Å². The average Bonchev–Trinajstić information content (AvgIpc) is 3.18. The van der Waals surface area contributed by atoms with Gasteiger partial charge in [0, 0.05) is 37.9 Å². The van der Waals surface area contributed by atoms with E-state index in [0.717, 1.165) is 24.3 Å². The lowest BCUT2D eigenvalue weighted by atomic mass is 10.2. The molecule has 1 aliphatic heterocycles. The fourth-order valence-electron chi connectivity index (χ4n) is 3.19. The molecule has 1 saturated heterocycles. The molecule has 2 amide bonds. The fraction of sp³-hybridized carbons (Fsp3) is 0.333. The van der Waals surface area contributed by atoms with E-state index in [0.29, 0.717) is 5.69 Å². The molecule has 5 nitrogen and oxygen atoms in total. The van der Waals surface area contributed by atoms with Crippen molar-refractivity contribution in [1.29, 1.82) is 0 Å². The quantitative estimate of drug-likeness (QED) is 0.849. The number of hydrogen-bond donors (Lipinski definition) is 1. The van der Waals surface area contributed by atoms with Crippen LogP contribution in [-0.4, -0.2) is 36.3 Å². The van der Waals surface area contributed by atoms with Gasteiger partial charge in [0.05, 0.1) is 0 Å². The van der Waals surface area contributed by atoms with Crippen LogP contribution in [0.5, 0.6) is 0 Å². The second-order valence-electron chi connectivity index (χ2n) is 6.79. The van der Waals surface area contributed by atoms with Crippen LogP contribution in [-0.2, 0) is 16.1 Å². The predicted molar refractivity (Wildman–Crippen MR) is 104 cm³/mol. The second kappa shape index (κ2) is 8.66. The maximum Gasteiger partial charge on any atom is 0.244 e. The number of hydrogen-bond acceptors (Lipinski definition) is 3. The van der Waals surface area contributed by atoms with E-state index in [1.807, 2.05) is 24.3 Å². The third-order valence-electron chi connectivity index (χ3n) is 4.69. The molecule has 0 aromatic heterocycles. The fourth-order valence-corrected chi connectivity index (χ4v) is 3.19. The monoisotopic (exact) mass is 369 g/mol. The van der Waals surface area contributed by atoms with Crippen LogP contribution in [0.25, 0.3) is 0 Å². The standard InChI is InChI=1S/C21H24FN3O2/c1-16(26)25(14-17-4-6-18(22)7-5-17)15-21(27)23-19-8-10-20(11-9-19)24-12-2-3-13-24/h4-11H,2-3,12-15H2,1H3,(H,23,27). The van der Waals surface area contributed by atoms with Gasteiger partial charge in [0.2, 0.25) is 11.8 Å². The first-order chi connectivity index (χ1) is 13.0. The van der Waals surface area contributed by atoms with Gasteiger partial charge in [-0.1, -0.05) is 12.1 Å². The molecule has 3 rings (SSSR count). The Kier molecular flexibility index (Phi) is 6.06. The number of anilines is 2. The normalized spacial score (nSPS) is 13.5. The van der Waals surface area contributed by atoms with Crippen molar-refractivity contribution in [2.75, 3.05) is 29.9 Å². The first-order valence-electron chi connectivity index (χ1n) is 9.16. The molecule has 142 valence electrons. The molecule has 0 spiro atoms. The number of carbonyl (C=O) groups excluding carboxylic acids is 2. The Morgan fingerprint density at radius 2 is 1.67 bits per heavy atom. The lowest BCUT2D eigenvalue weighted by Crippen LogP contribution is -2.36. The third-order valence-corrected chi connectivity index (χ3v) is 4.69. The van der Waals surface area contributed by atoms with Gasteiger partial charge in [-0.2, -0.15) is 0 Å². The highest BCUT2D eigenvalue weighted by atomic mass is 19.1. The van der Waals surface area contributed by atoms with Crippen molar-refractivity contribution in [2.24, 2.45) is 0 Å². The zero-order valence-corrected chi connectivity index (χ0v) is 15.5. The molecular weight excluding hydrogens is 345 g/mol. The van der Waals surface area contributed by atoms with Crippen LogP contribution in [0.3, 0.4) is 0 Å². The minimum atomic E-state index is -0.330. The molecular formula is C21H24FN3O2. The molecule has 0 saturated carbocycles. The zero-order chi connectivity index (χ0) is 19.2. The van der Waals surface area contributed by atoms with E-state index >= 15 is 0 Å². The maximum atomic E-state index is 13.0. The van der Waals surface area contributed by atoms with Gasteiger partial charge in [0.1, 0.15) is 12.4 Å². The predicted octanol–water partition coefficient (Wildman–Crippen LogP) is 3.41. The molecule has 0 aliphatic carbocycles. The van der Waals surface area contributed by atoms with Crippen molar-refractivity contribution in [3.8, 4) is 0 Å². The molecule has 0 bridgehead atoms.